The quantitative estimate of drug-likeness (QED) is 0.579. The molecule has 3 amide bonds. The van der Waals surface area contributed by atoms with Gasteiger partial charge in [0, 0.05) is 13.1 Å². The molecule has 7 heteroatoms. The topological polar surface area (TPSA) is 108 Å². The van der Waals surface area contributed by atoms with Gasteiger partial charge in [-0.3, -0.25) is 14.4 Å². The maximum Gasteiger partial charge on any atom is 0.313 e. The molecule has 0 aliphatic carbocycles. The third-order valence-electron chi connectivity index (χ3n) is 3.56. The van der Waals surface area contributed by atoms with E-state index < -0.39 is 11.8 Å². The molecule has 0 atom stereocenters. The normalized spacial score (nSPS) is 10.1. The zero-order chi connectivity index (χ0) is 18.9. The Morgan fingerprint density at radius 1 is 0.962 bits per heavy atom. The Labute approximate surface area is 151 Å². The van der Waals surface area contributed by atoms with Gasteiger partial charge in [-0.1, -0.05) is 42.0 Å². The van der Waals surface area contributed by atoms with Crippen LogP contribution < -0.4 is 16.0 Å². The molecule has 7 nitrogen and oxygen atoms in total. The second-order valence-corrected chi connectivity index (χ2v) is 5.65. The first-order chi connectivity index (χ1) is 12.5. The number of anilines is 1. The highest BCUT2D eigenvalue weighted by Crippen LogP contribution is 2.15. The fraction of sp³-hybridized carbons (Fsp3) is 0.211. The Morgan fingerprint density at radius 2 is 1.73 bits per heavy atom. The average molecular weight is 355 g/mol. The molecule has 0 bridgehead atoms. The Morgan fingerprint density at radius 3 is 2.46 bits per heavy atom. The minimum absolute atomic E-state index is 0.0229. The summed E-state index contributed by atoms with van der Waals surface area (Å²) in [6.45, 7) is 2.03. The third-order valence-corrected chi connectivity index (χ3v) is 3.56. The number of benzene rings is 2. The van der Waals surface area contributed by atoms with Crippen molar-refractivity contribution >= 4 is 23.4 Å². The van der Waals surface area contributed by atoms with E-state index in [9.17, 15) is 14.4 Å². The largest absolute Gasteiger partial charge is 0.395 e. The van der Waals surface area contributed by atoms with Crippen molar-refractivity contribution in [3.63, 3.8) is 0 Å². The summed E-state index contributed by atoms with van der Waals surface area (Å²) in [7, 11) is 0. The van der Waals surface area contributed by atoms with Gasteiger partial charge in [-0.25, -0.2) is 0 Å². The van der Waals surface area contributed by atoms with Crippen LogP contribution in [0.2, 0.25) is 0 Å². The molecule has 26 heavy (non-hydrogen) atoms. The zero-order valence-electron chi connectivity index (χ0n) is 14.4. The number of aryl methyl sites for hydroxylation is 1. The molecule has 136 valence electrons. The van der Waals surface area contributed by atoms with Gasteiger partial charge in [0.25, 0.3) is 5.91 Å². The van der Waals surface area contributed by atoms with Crippen molar-refractivity contribution in [2.24, 2.45) is 0 Å². The number of rotatable bonds is 6. The summed E-state index contributed by atoms with van der Waals surface area (Å²) in [4.78, 5) is 35.9. The zero-order valence-corrected chi connectivity index (χ0v) is 14.4. The number of hydrogen-bond acceptors (Lipinski definition) is 4. The Kier molecular flexibility index (Phi) is 6.87. The monoisotopic (exact) mass is 355 g/mol. The number of hydrogen-bond donors (Lipinski definition) is 4. The van der Waals surface area contributed by atoms with Crippen molar-refractivity contribution in [2.75, 3.05) is 18.5 Å². The molecule has 0 saturated carbocycles. The number of aliphatic hydroxyl groups is 1. The van der Waals surface area contributed by atoms with Crippen LogP contribution in [-0.2, 0) is 16.1 Å². The van der Waals surface area contributed by atoms with E-state index in [2.05, 4.69) is 16.0 Å². The summed E-state index contributed by atoms with van der Waals surface area (Å²) in [6.07, 6.45) is 0. The van der Waals surface area contributed by atoms with Crippen LogP contribution in [0, 0.1) is 6.92 Å². The van der Waals surface area contributed by atoms with Crippen LogP contribution >= 0.6 is 0 Å². The maximum atomic E-state index is 12.5. The SMILES string of the molecule is Cc1cccc(CNC(=O)c2ccccc2NC(=O)C(=O)NCCO)c1. The third kappa shape index (κ3) is 5.42. The van der Waals surface area contributed by atoms with Crippen molar-refractivity contribution < 1.29 is 19.5 Å². The first-order valence-electron chi connectivity index (χ1n) is 8.14. The summed E-state index contributed by atoms with van der Waals surface area (Å²) in [5, 5.41) is 16.1. The molecule has 0 spiro atoms. The lowest BCUT2D eigenvalue weighted by Crippen LogP contribution is -2.37. The molecule has 0 unspecified atom stereocenters. The second kappa shape index (κ2) is 9.33. The minimum Gasteiger partial charge on any atom is -0.395 e. The summed E-state index contributed by atoms with van der Waals surface area (Å²) in [5.41, 5.74) is 2.54. The smallest absolute Gasteiger partial charge is 0.313 e. The van der Waals surface area contributed by atoms with Gasteiger partial charge in [-0.15, -0.1) is 0 Å². The maximum absolute atomic E-state index is 12.5. The van der Waals surface area contributed by atoms with Gasteiger partial charge in [-0.2, -0.15) is 0 Å². The van der Waals surface area contributed by atoms with E-state index in [1.54, 1.807) is 24.3 Å². The number of amides is 3. The second-order valence-electron chi connectivity index (χ2n) is 5.65. The first kappa shape index (κ1) is 19.1. The minimum atomic E-state index is -0.905. The predicted octanol–water partition coefficient (Wildman–Crippen LogP) is 0.972. The molecule has 2 aromatic carbocycles. The van der Waals surface area contributed by atoms with Gasteiger partial charge in [0.1, 0.15) is 0 Å². The van der Waals surface area contributed by atoms with Crippen LogP contribution in [0.1, 0.15) is 21.5 Å². The van der Waals surface area contributed by atoms with E-state index in [-0.39, 0.29) is 30.3 Å². The summed E-state index contributed by atoms with van der Waals surface area (Å²) < 4.78 is 0. The number of nitrogens with one attached hydrogen (secondary N) is 3. The van der Waals surface area contributed by atoms with Gasteiger partial charge < -0.3 is 21.1 Å². The van der Waals surface area contributed by atoms with Gasteiger partial charge in [0.15, 0.2) is 0 Å². The lowest BCUT2D eigenvalue weighted by atomic mass is 10.1. The van der Waals surface area contributed by atoms with Crippen molar-refractivity contribution in [1.82, 2.24) is 10.6 Å². The van der Waals surface area contributed by atoms with E-state index in [1.807, 2.05) is 31.2 Å². The van der Waals surface area contributed by atoms with E-state index in [0.29, 0.717) is 6.54 Å². The van der Waals surface area contributed by atoms with E-state index in [4.69, 9.17) is 5.11 Å². The highest BCUT2D eigenvalue weighted by Gasteiger charge is 2.17. The van der Waals surface area contributed by atoms with Crippen LogP contribution in [0.15, 0.2) is 48.5 Å². The van der Waals surface area contributed by atoms with Crippen molar-refractivity contribution in [2.45, 2.75) is 13.5 Å². The van der Waals surface area contributed by atoms with Crippen LogP contribution in [0.25, 0.3) is 0 Å². The lowest BCUT2D eigenvalue weighted by molar-refractivity contribution is -0.136. The molecule has 2 rings (SSSR count). The van der Waals surface area contributed by atoms with E-state index >= 15 is 0 Å². The van der Waals surface area contributed by atoms with Crippen LogP contribution in [-0.4, -0.2) is 36.0 Å². The van der Waals surface area contributed by atoms with E-state index in [0.717, 1.165) is 11.1 Å². The van der Waals surface area contributed by atoms with Gasteiger partial charge in [0.05, 0.1) is 17.9 Å². The van der Waals surface area contributed by atoms with Gasteiger partial charge in [0.2, 0.25) is 0 Å². The predicted molar refractivity (Wildman–Crippen MR) is 97.5 cm³/mol. The molecule has 0 aliphatic heterocycles. The summed E-state index contributed by atoms with van der Waals surface area (Å²) in [5.74, 6) is -2.15. The highest BCUT2D eigenvalue weighted by atomic mass is 16.3. The van der Waals surface area contributed by atoms with Crippen LogP contribution in [0.4, 0.5) is 5.69 Å². The lowest BCUT2D eigenvalue weighted by Gasteiger charge is -2.11. The summed E-state index contributed by atoms with van der Waals surface area (Å²) in [6, 6.07) is 14.2. The fourth-order valence-electron chi connectivity index (χ4n) is 2.32. The highest BCUT2D eigenvalue weighted by molar-refractivity contribution is 6.40. The summed E-state index contributed by atoms with van der Waals surface area (Å²) >= 11 is 0. The number of para-hydroxylation sites is 1. The molecular weight excluding hydrogens is 334 g/mol. The molecule has 0 heterocycles. The van der Waals surface area contributed by atoms with Crippen molar-refractivity contribution in [3.8, 4) is 0 Å². The van der Waals surface area contributed by atoms with Gasteiger partial charge >= 0.3 is 11.8 Å². The van der Waals surface area contributed by atoms with Gasteiger partial charge in [-0.05, 0) is 24.6 Å². The van der Waals surface area contributed by atoms with Crippen LogP contribution in [0.3, 0.4) is 0 Å². The van der Waals surface area contributed by atoms with Crippen LogP contribution in [0.5, 0.6) is 0 Å². The van der Waals surface area contributed by atoms with Crippen molar-refractivity contribution in [1.29, 1.82) is 0 Å². The standard InChI is InChI=1S/C19H21N3O4/c1-13-5-4-6-14(11-13)12-21-17(24)15-7-2-3-8-16(15)22-19(26)18(25)20-9-10-23/h2-8,11,23H,9-10,12H2,1H3,(H,20,25)(H,21,24)(H,22,26). The molecule has 0 radical (unpaired) electrons. The Hall–Kier alpha value is -3.19. The molecule has 0 aromatic heterocycles. The number of aliphatic hydroxyl groups excluding tert-OH is 1. The number of carbonyl (C=O) groups excluding carboxylic acids is 3. The number of carbonyl (C=O) groups is 3. The van der Waals surface area contributed by atoms with Crippen molar-refractivity contribution in [3.05, 3.63) is 65.2 Å². The Balaban J connectivity index is 2.04. The Bertz CT molecular complexity index is 805. The molecule has 4 N–H and O–H groups in total. The first-order valence-corrected chi connectivity index (χ1v) is 8.14. The average Bonchev–Trinajstić information content (AvgIpc) is 2.64. The molecule has 0 saturated heterocycles. The molecule has 0 fully saturated rings. The molecular formula is C19H21N3O4. The molecule has 2 aromatic rings. The molecule has 0 aliphatic rings. The van der Waals surface area contributed by atoms with E-state index in [1.165, 1.54) is 0 Å². The fourth-order valence-corrected chi connectivity index (χ4v) is 2.32.